The number of benzene rings is 1. The number of alkyl halides is 2. The minimum absolute atomic E-state index is 0.216. The van der Waals surface area contributed by atoms with E-state index in [9.17, 15) is 8.78 Å². The third kappa shape index (κ3) is 5.27. The van der Waals surface area contributed by atoms with Gasteiger partial charge >= 0.3 is 6.61 Å². The molecule has 1 fully saturated rings. The van der Waals surface area contributed by atoms with E-state index in [0.29, 0.717) is 6.04 Å². The molecule has 1 aliphatic rings. The van der Waals surface area contributed by atoms with E-state index in [-0.39, 0.29) is 5.75 Å². The Morgan fingerprint density at radius 1 is 1.14 bits per heavy atom. The van der Waals surface area contributed by atoms with Gasteiger partial charge < -0.3 is 10.1 Å². The van der Waals surface area contributed by atoms with Gasteiger partial charge in [-0.2, -0.15) is 8.78 Å². The van der Waals surface area contributed by atoms with Gasteiger partial charge in [-0.15, -0.1) is 0 Å². The van der Waals surface area contributed by atoms with Gasteiger partial charge in [-0.25, -0.2) is 0 Å². The summed E-state index contributed by atoms with van der Waals surface area (Å²) in [7, 11) is 0. The predicted molar refractivity (Wildman–Crippen MR) is 80.6 cm³/mol. The fraction of sp³-hybridized carbons (Fsp3) is 0.647. The van der Waals surface area contributed by atoms with Crippen molar-refractivity contribution in [1.82, 2.24) is 5.32 Å². The lowest BCUT2D eigenvalue weighted by atomic mass is 9.83. The molecule has 0 saturated heterocycles. The molecule has 4 heteroatoms. The highest BCUT2D eigenvalue weighted by Crippen LogP contribution is 2.28. The number of ether oxygens (including phenoxy) is 1. The van der Waals surface area contributed by atoms with Crippen molar-refractivity contribution in [3.63, 3.8) is 0 Å². The SMILES string of the molecule is CCC(NCc1ccc(OC(F)F)cc1)C1CCCCC1. The number of hydrogen-bond donors (Lipinski definition) is 1. The standard InChI is InChI=1S/C17H25F2NO/c1-2-16(14-6-4-3-5-7-14)20-12-13-8-10-15(11-9-13)21-17(18)19/h8-11,14,16-17,20H,2-7,12H2,1H3. The van der Waals surface area contributed by atoms with Crippen molar-refractivity contribution in [3.8, 4) is 5.75 Å². The van der Waals surface area contributed by atoms with E-state index in [2.05, 4.69) is 17.0 Å². The first kappa shape index (κ1) is 16.2. The first-order valence-electron chi connectivity index (χ1n) is 7.96. The molecular formula is C17H25F2NO. The van der Waals surface area contributed by atoms with Crippen molar-refractivity contribution in [3.05, 3.63) is 29.8 Å². The summed E-state index contributed by atoms with van der Waals surface area (Å²) in [5.74, 6) is 0.998. The van der Waals surface area contributed by atoms with Crippen LogP contribution >= 0.6 is 0 Å². The van der Waals surface area contributed by atoms with Gasteiger partial charge in [-0.05, 0) is 42.9 Å². The Bertz CT molecular complexity index is 402. The molecule has 0 spiro atoms. The smallest absolute Gasteiger partial charge is 0.387 e. The second-order valence-corrected chi connectivity index (χ2v) is 5.82. The fourth-order valence-electron chi connectivity index (χ4n) is 3.22. The minimum atomic E-state index is -2.76. The van der Waals surface area contributed by atoms with Crippen LogP contribution in [0.5, 0.6) is 5.75 Å². The maximum atomic E-state index is 12.1. The Hall–Kier alpha value is -1.16. The van der Waals surface area contributed by atoms with Crippen LogP contribution in [-0.4, -0.2) is 12.7 Å². The molecule has 21 heavy (non-hydrogen) atoms. The van der Waals surface area contributed by atoms with E-state index in [1.807, 2.05) is 12.1 Å². The van der Waals surface area contributed by atoms with Gasteiger partial charge in [0.15, 0.2) is 0 Å². The average Bonchev–Trinajstić information content (AvgIpc) is 2.50. The molecule has 1 aliphatic carbocycles. The van der Waals surface area contributed by atoms with Crippen LogP contribution in [0.4, 0.5) is 8.78 Å². The molecule has 2 nitrogen and oxygen atoms in total. The molecule has 2 rings (SSSR count). The van der Waals surface area contributed by atoms with Gasteiger partial charge in [0.1, 0.15) is 5.75 Å². The quantitative estimate of drug-likeness (QED) is 0.785. The van der Waals surface area contributed by atoms with Gasteiger partial charge in [0, 0.05) is 12.6 Å². The van der Waals surface area contributed by atoms with Gasteiger partial charge in [-0.3, -0.25) is 0 Å². The van der Waals surface area contributed by atoms with Crippen molar-refractivity contribution in [2.24, 2.45) is 5.92 Å². The van der Waals surface area contributed by atoms with Crippen molar-refractivity contribution in [2.45, 2.75) is 64.6 Å². The summed E-state index contributed by atoms with van der Waals surface area (Å²) in [6.45, 7) is 0.250. The summed E-state index contributed by atoms with van der Waals surface area (Å²) in [6.07, 6.45) is 7.86. The van der Waals surface area contributed by atoms with Crippen LogP contribution in [0.15, 0.2) is 24.3 Å². The summed E-state index contributed by atoms with van der Waals surface area (Å²) in [5.41, 5.74) is 1.10. The third-order valence-electron chi connectivity index (χ3n) is 4.38. The molecule has 0 bridgehead atoms. The lowest BCUT2D eigenvalue weighted by Gasteiger charge is -2.30. The lowest BCUT2D eigenvalue weighted by Crippen LogP contribution is -2.36. The van der Waals surface area contributed by atoms with Crippen molar-refractivity contribution in [2.75, 3.05) is 0 Å². The van der Waals surface area contributed by atoms with Gasteiger partial charge in [0.25, 0.3) is 0 Å². The number of rotatable bonds is 7. The lowest BCUT2D eigenvalue weighted by molar-refractivity contribution is -0.0498. The molecule has 118 valence electrons. The van der Waals surface area contributed by atoms with Crippen LogP contribution in [0, 0.1) is 5.92 Å². The molecule has 1 aromatic rings. The Morgan fingerprint density at radius 3 is 2.38 bits per heavy atom. The van der Waals surface area contributed by atoms with Crippen LogP contribution in [0.1, 0.15) is 51.0 Å². The Labute approximate surface area is 125 Å². The first-order valence-corrected chi connectivity index (χ1v) is 7.96. The highest BCUT2D eigenvalue weighted by molar-refractivity contribution is 5.27. The van der Waals surface area contributed by atoms with Crippen LogP contribution in [0.25, 0.3) is 0 Å². The Morgan fingerprint density at radius 2 is 1.81 bits per heavy atom. The highest BCUT2D eigenvalue weighted by Gasteiger charge is 2.21. The maximum Gasteiger partial charge on any atom is 0.387 e. The molecule has 0 heterocycles. The first-order chi connectivity index (χ1) is 10.2. The molecule has 0 amide bonds. The monoisotopic (exact) mass is 297 g/mol. The second kappa shape index (κ2) is 8.32. The number of hydrogen-bond acceptors (Lipinski definition) is 2. The van der Waals surface area contributed by atoms with E-state index in [4.69, 9.17) is 0 Å². The van der Waals surface area contributed by atoms with Crippen molar-refractivity contribution in [1.29, 1.82) is 0 Å². The summed E-state index contributed by atoms with van der Waals surface area (Å²) >= 11 is 0. The van der Waals surface area contributed by atoms with E-state index in [1.165, 1.54) is 32.1 Å². The molecule has 0 aliphatic heterocycles. The summed E-state index contributed by atoms with van der Waals surface area (Å²) in [5, 5.41) is 3.63. The minimum Gasteiger partial charge on any atom is -0.435 e. The molecule has 1 atom stereocenters. The topological polar surface area (TPSA) is 21.3 Å². The summed E-state index contributed by atoms with van der Waals surface area (Å²) < 4.78 is 28.5. The van der Waals surface area contributed by atoms with Crippen molar-refractivity contribution < 1.29 is 13.5 Å². The molecule has 1 aromatic carbocycles. The van der Waals surface area contributed by atoms with Crippen molar-refractivity contribution >= 4 is 0 Å². The molecule has 1 N–H and O–H groups in total. The van der Waals surface area contributed by atoms with Crippen LogP contribution < -0.4 is 10.1 Å². The fourth-order valence-corrected chi connectivity index (χ4v) is 3.22. The van der Waals surface area contributed by atoms with E-state index >= 15 is 0 Å². The zero-order chi connectivity index (χ0) is 15.1. The zero-order valence-corrected chi connectivity index (χ0v) is 12.7. The molecular weight excluding hydrogens is 272 g/mol. The average molecular weight is 297 g/mol. The molecule has 1 unspecified atom stereocenters. The van der Waals surface area contributed by atoms with Crippen LogP contribution in [-0.2, 0) is 6.54 Å². The number of nitrogens with one attached hydrogen (secondary N) is 1. The van der Waals surface area contributed by atoms with Crippen LogP contribution in [0.2, 0.25) is 0 Å². The summed E-state index contributed by atoms with van der Waals surface area (Å²) in [4.78, 5) is 0. The predicted octanol–water partition coefficient (Wildman–Crippen LogP) is 4.74. The highest BCUT2D eigenvalue weighted by atomic mass is 19.3. The number of halogens is 2. The van der Waals surface area contributed by atoms with E-state index in [0.717, 1.165) is 24.4 Å². The van der Waals surface area contributed by atoms with Gasteiger partial charge in [-0.1, -0.05) is 38.3 Å². The zero-order valence-electron chi connectivity index (χ0n) is 12.7. The normalized spacial score (nSPS) is 17.9. The van der Waals surface area contributed by atoms with Crippen LogP contribution in [0.3, 0.4) is 0 Å². The molecule has 0 aromatic heterocycles. The second-order valence-electron chi connectivity index (χ2n) is 5.82. The molecule has 0 radical (unpaired) electrons. The maximum absolute atomic E-state index is 12.1. The van der Waals surface area contributed by atoms with E-state index in [1.54, 1.807) is 12.1 Å². The van der Waals surface area contributed by atoms with Gasteiger partial charge in [0.05, 0.1) is 0 Å². The van der Waals surface area contributed by atoms with Gasteiger partial charge in [0.2, 0.25) is 0 Å². The Balaban J connectivity index is 1.83. The largest absolute Gasteiger partial charge is 0.435 e. The third-order valence-corrected chi connectivity index (χ3v) is 4.38. The summed E-state index contributed by atoms with van der Waals surface area (Å²) in [6, 6.07) is 7.45. The van der Waals surface area contributed by atoms with E-state index < -0.39 is 6.61 Å². The Kier molecular flexibility index (Phi) is 6.43. The molecule has 1 saturated carbocycles.